The quantitative estimate of drug-likeness (QED) is 0.776. The number of nitrogens with one attached hydrogen (secondary N) is 2. The van der Waals surface area contributed by atoms with Crippen molar-refractivity contribution in [3.8, 4) is 0 Å². The molecule has 1 aromatic rings. The number of amides is 1. The van der Waals surface area contributed by atoms with Crippen molar-refractivity contribution in [1.82, 2.24) is 15.5 Å². The smallest absolute Gasteiger partial charge is 0.257 e. The Morgan fingerprint density at radius 3 is 2.29 bits per heavy atom. The van der Waals surface area contributed by atoms with E-state index in [0.717, 1.165) is 19.6 Å². The molecule has 0 aromatic heterocycles. The van der Waals surface area contributed by atoms with E-state index in [4.69, 9.17) is 35.4 Å². The van der Waals surface area contributed by atoms with Crippen molar-refractivity contribution in [1.29, 1.82) is 0 Å². The Morgan fingerprint density at radius 1 is 1.19 bits per heavy atom. The fraction of sp³-hybridized carbons (Fsp3) is 0.429. The van der Waals surface area contributed by atoms with Crippen LogP contribution >= 0.6 is 35.4 Å². The minimum Gasteiger partial charge on any atom is -0.361 e. The Labute approximate surface area is 140 Å². The monoisotopic (exact) mass is 347 g/mol. The Kier molecular flexibility index (Phi) is 7.96. The molecule has 0 atom stereocenters. The maximum atomic E-state index is 12.0. The van der Waals surface area contributed by atoms with Crippen molar-refractivity contribution >= 4 is 46.4 Å². The SMILES string of the molecule is CCN(CC)CCNC(=S)NC(=O)c1cc(Cl)cc(Cl)c1. The third-order valence-corrected chi connectivity index (χ3v) is 3.64. The first-order valence-electron chi connectivity index (χ1n) is 6.73. The topological polar surface area (TPSA) is 44.4 Å². The van der Waals surface area contributed by atoms with Crippen molar-refractivity contribution in [2.45, 2.75) is 13.8 Å². The predicted octanol–water partition coefficient (Wildman–Crippen LogP) is 2.94. The molecule has 0 bridgehead atoms. The number of carbonyl (C=O) groups is 1. The van der Waals surface area contributed by atoms with Gasteiger partial charge < -0.3 is 10.2 Å². The molecule has 116 valence electrons. The molecule has 0 spiro atoms. The van der Waals surface area contributed by atoms with Gasteiger partial charge in [-0.3, -0.25) is 10.1 Å². The van der Waals surface area contributed by atoms with Crippen LogP contribution in [-0.4, -0.2) is 42.1 Å². The van der Waals surface area contributed by atoms with Crippen LogP contribution in [0.1, 0.15) is 24.2 Å². The van der Waals surface area contributed by atoms with Gasteiger partial charge >= 0.3 is 0 Å². The summed E-state index contributed by atoms with van der Waals surface area (Å²) in [4.78, 5) is 14.3. The maximum Gasteiger partial charge on any atom is 0.257 e. The average molecular weight is 348 g/mol. The number of rotatable bonds is 6. The molecular formula is C14H19Cl2N3OS. The van der Waals surface area contributed by atoms with Gasteiger partial charge in [0.15, 0.2) is 5.11 Å². The minimum atomic E-state index is -0.334. The lowest BCUT2D eigenvalue weighted by molar-refractivity contribution is 0.0976. The minimum absolute atomic E-state index is 0.295. The summed E-state index contributed by atoms with van der Waals surface area (Å²) in [6, 6.07) is 4.66. The molecule has 0 aliphatic heterocycles. The van der Waals surface area contributed by atoms with Gasteiger partial charge in [-0.1, -0.05) is 37.0 Å². The summed E-state index contributed by atoms with van der Waals surface area (Å²) in [5.74, 6) is -0.334. The van der Waals surface area contributed by atoms with Crippen LogP contribution in [0, 0.1) is 0 Å². The van der Waals surface area contributed by atoms with Crippen LogP contribution in [0.25, 0.3) is 0 Å². The van der Waals surface area contributed by atoms with Gasteiger partial charge in [-0.25, -0.2) is 0 Å². The van der Waals surface area contributed by atoms with Crippen LogP contribution in [0.15, 0.2) is 18.2 Å². The van der Waals surface area contributed by atoms with E-state index in [-0.39, 0.29) is 5.91 Å². The van der Waals surface area contributed by atoms with Gasteiger partial charge in [-0.05, 0) is 43.5 Å². The number of likely N-dealkylation sites (N-methyl/N-ethyl adjacent to an activating group) is 1. The molecule has 1 rings (SSSR count). The molecule has 4 nitrogen and oxygen atoms in total. The van der Waals surface area contributed by atoms with E-state index in [2.05, 4.69) is 29.4 Å². The second-order valence-corrected chi connectivity index (χ2v) is 5.68. The molecule has 0 aliphatic carbocycles. The highest BCUT2D eigenvalue weighted by Gasteiger charge is 2.09. The molecule has 0 saturated heterocycles. The molecule has 0 radical (unpaired) electrons. The van der Waals surface area contributed by atoms with Crippen molar-refractivity contribution in [3.63, 3.8) is 0 Å². The number of carbonyl (C=O) groups excluding carboxylic acids is 1. The highest BCUT2D eigenvalue weighted by atomic mass is 35.5. The summed E-state index contributed by atoms with van der Waals surface area (Å²) >= 11 is 16.8. The average Bonchev–Trinajstić information content (AvgIpc) is 2.42. The molecule has 0 aliphatic rings. The number of benzene rings is 1. The summed E-state index contributed by atoms with van der Waals surface area (Å²) in [5.41, 5.74) is 0.375. The Morgan fingerprint density at radius 2 is 1.76 bits per heavy atom. The number of thiocarbonyl (C=S) groups is 1. The molecule has 0 unspecified atom stereocenters. The molecule has 2 N–H and O–H groups in total. The van der Waals surface area contributed by atoms with Crippen molar-refractivity contribution < 1.29 is 4.79 Å². The second kappa shape index (κ2) is 9.20. The van der Waals surface area contributed by atoms with Gasteiger partial charge in [0.1, 0.15) is 0 Å². The van der Waals surface area contributed by atoms with E-state index in [1.165, 1.54) is 0 Å². The maximum absolute atomic E-state index is 12.0. The fourth-order valence-corrected chi connectivity index (χ4v) is 2.49. The van der Waals surface area contributed by atoms with Crippen LogP contribution in [0.3, 0.4) is 0 Å². The van der Waals surface area contributed by atoms with Gasteiger partial charge in [0.05, 0.1) is 0 Å². The van der Waals surface area contributed by atoms with Crippen LogP contribution in [0.4, 0.5) is 0 Å². The number of hydrogen-bond donors (Lipinski definition) is 2. The van der Waals surface area contributed by atoms with Crippen molar-refractivity contribution in [2.75, 3.05) is 26.2 Å². The first kappa shape index (κ1) is 18.2. The molecule has 7 heteroatoms. The lowest BCUT2D eigenvalue weighted by Gasteiger charge is -2.18. The Bertz CT molecular complexity index is 487. The third-order valence-electron chi connectivity index (χ3n) is 2.96. The lowest BCUT2D eigenvalue weighted by atomic mass is 10.2. The zero-order valence-corrected chi connectivity index (χ0v) is 14.4. The van der Waals surface area contributed by atoms with E-state index < -0.39 is 0 Å². The third kappa shape index (κ3) is 6.61. The molecule has 1 aromatic carbocycles. The Balaban J connectivity index is 2.45. The summed E-state index contributed by atoms with van der Waals surface area (Å²) in [6.07, 6.45) is 0. The fourth-order valence-electron chi connectivity index (χ4n) is 1.77. The molecule has 0 heterocycles. The van der Waals surface area contributed by atoms with Crippen LogP contribution in [-0.2, 0) is 0 Å². The van der Waals surface area contributed by atoms with E-state index >= 15 is 0 Å². The largest absolute Gasteiger partial charge is 0.361 e. The summed E-state index contributed by atoms with van der Waals surface area (Å²) in [7, 11) is 0. The summed E-state index contributed by atoms with van der Waals surface area (Å²) in [6.45, 7) is 7.72. The summed E-state index contributed by atoms with van der Waals surface area (Å²) < 4.78 is 0. The first-order chi connectivity index (χ1) is 9.96. The predicted molar refractivity (Wildman–Crippen MR) is 92.3 cm³/mol. The molecular weight excluding hydrogens is 329 g/mol. The molecule has 0 saturated carbocycles. The highest BCUT2D eigenvalue weighted by Crippen LogP contribution is 2.18. The van der Waals surface area contributed by atoms with Gasteiger partial charge in [0.25, 0.3) is 5.91 Å². The Hall–Kier alpha value is -0.880. The van der Waals surface area contributed by atoms with E-state index in [9.17, 15) is 4.79 Å². The first-order valence-corrected chi connectivity index (χ1v) is 7.90. The molecule has 21 heavy (non-hydrogen) atoms. The lowest BCUT2D eigenvalue weighted by Crippen LogP contribution is -2.42. The van der Waals surface area contributed by atoms with Crippen molar-refractivity contribution in [3.05, 3.63) is 33.8 Å². The number of halogens is 2. The van der Waals surface area contributed by atoms with Crippen LogP contribution in [0.2, 0.25) is 10.0 Å². The van der Waals surface area contributed by atoms with E-state index in [0.29, 0.717) is 27.3 Å². The molecule has 1 amide bonds. The van der Waals surface area contributed by atoms with Gasteiger partial charge in [-0.15, -0.1) is 0 Å². The van der Waals surface area contributed by atoms with Crippen molar-refractivity contribution in [2.24, 2.45) is 0 Å². The van der Waals surface area contributed by atoms with Gasteiger partial charge in [0, 0.05) is 28.7 Å². The van der Waals surface area contributed by atoms with E-state index in [1.54, 1.807) is 18.2 Å². The molecule has 0 fully saturated rings. The van der Waals surface area contributed by atoms with Gasteiger partial charge in [-0.2, -0.15) is 0 Å². The summed E-state index contributed by atoms with van der Waals surface area (Å²) in [5, 5.41) is 6.72. The standard InChI is InChI=1S/C14H19Cl2N3OS/c1-3-19(4-2)6-5-17-14(21)18-13(20)10-7-11(15)9-12(16)8-10/h7-9H,3-6H2,1-2H3,(H2,17,18,20,21). The second-order valence-electron chi connectivity index (χ2n) is 4.40. The zero-order chi connectivity index (χ0) is 15.8. The normalized spacial score (nSPS) is 10.5. The number of hydrogen-bond acceptors (Lipinski definition) is 3. The van der Waals surface area contributed by atoms with Crippen LogP contribution < -0.4 is 10.6 Å². The van der Waals surface area contributed by atoms with Gasteiger partial charge in [0.2, 0.25) is 0 Å². The highest BCUT2D eigenvalue weighted by molar-refractivity contribution is 7.80. The van der Waals surface area contributed by atoms with E-state index in [1.807, 2.05) is 0 Å². The zero-order valence-electron chi connectivity index (χ0n) is 12.1. The number of nitrogens with zero attached hydrogens (tertiary/aromatic N) is 1. The van der Waals surface area contributed by atoms with Crippen LogP contribution in [0.5, 0.6) is 0 Å².